The molecule has 0 unspecified atom stereocenters. The molecule has 168 valence electrons. The van der Waals surface area contributed by atoms with Crippen molar-refractivity contribution in [3.63, 3.8) is 0 Å². The molecular weight excluding hydrogens is 436 g/mol. The Morgan fingerprint density at radius 1 is 1.00 bits per heavy atom. The van der Waals surface area contributed by atoms with E-state index in [1.807, 2.05) is 48.5 Å². The third-order valence-corrected chi connectivity index (χ3v) is 5.91. The van der Waals surface area contributed by atoms with E-state index in [1.54, 1.807) is 37.5 Å². The summed E-state index contributed by atoms with van der Waals surface area (Å²) in [4.78, 5) is 33.1. The highest BCUT2D eigenvalue weighted by molar-refractivity contribution is 6.35. The standard InChI is InChI=1S/C26H25ClN4O2/c1-17(32)31(2)16-19-5-3-18(4-6-19)9-21-10-22(14-28-12-21)26(33)30-13-20-7-8-25-23(11-20)24(27)15-29-25/h3-8,10-12,14-15,29H,9,13,16H2,1-2H3,(H,30,33). The maximum absolute atomic E-state index is 12.7. The Bertz CT molecular complexity index is 1300. The van der Waals surface area contributed by atoms with Gasteiger partial charge in [-0.15, -0.1) is 0 Å². The quantitative estimate of drug-likeness (QED) is 0.419. The molecule has 0 spiro atoms. The summed E-state index contributed by atoms with van der Waals surface area (Å²) in [5.41, 5.74) is 5.59. The largest absolute Gasteiger partial charge is 0.360 e. The van der Waals surface area contributed by atoms with E-state index in [0.29, 0.717) is 30.1 Å². The predicted molar refractivity (Wildman–Crippen MR) is 130 cm³/mol. The van der Waals surface area contributed by atoms with Crippen molar-refractivity contribution in [2.24, 2.45) is 0 Å². The Morgan fingerprint density at radius 3 is 2.48 bits per heavy atom. The van der Waals surface area contributed by atoms with Gasteiger partial charge in [-0.2, -0.15) is 0 Å². The van der Waals surface area contributed by atoms with E-state index in [9.17, 15) is 9.59 Å². The van der Waals surface area contributed by atoms with Crippen molar-refractivity contribution in [2.75, 3.05) is 7.05 Å². The van der Waals surface area contributed by atoms with Crippen molar-refractivity contribution >= 4 is 34.3 Å². The molecular formula is C26H25ClN4O2. The number of benzene rings is 2. The molecule has 0 bridgehead atoms. The van der Waals surface area contributed by atoms with Crippen LogP contribution in [0.1, 0.15) is 39.5 Å². The van der Waals surface area contributed by atoms with Gasteiger partial charge in [-0.3, -0.25) is 14.6 Å². The fraction of sp³-hybridized carbons (Fsp3) is 0.192. The Morgan fingerprint density at radius 2 is 1.73 bits per heavy atom. The number of amides is 2. The number of rotatable bonds is 7. The summed E-state index contributed by atoms with van der Waals surface area (Å²) in [7, 11) is 1.78. The van der Waals surface area contributed by atoms with Gasteiger partial charge in [0, 0.05) is 56.6 Å². The first-order valence-electron chi connectivity index (χ1n) is 10.7. The Labute approximate surface area is 197 Å². The highest BCUT2D eigenvalue weighted by Gasteiger charge is 2.09. The lowest BCUT2D eigenvalue weighted by atomic mass is 10.0. The molecule has 4 aromatic rings. The number of carbonyl (C=O) groups is 2. The zero-order chi connectivity index (χ0) is 23.4. The summed E-state index contributed by atoms with van der Waals surface area (Å²) in [5.74, 6) is -0.138. The van der Waals surface area contributed by atoms with E-state index in [2.05, 4.69) is 15.3 Å². The van der Waals surface area contributed by atoms with Crippen LogP contribution < -0.4 is 5.32 Å². The van der Waals surface area contributed by atoms with Crippen molar-refractivity contribution < 1.29 is 9.59 Å². The Balaban J connectivity index is 1.38. The van der Waals surface area contributed by atoms with Gasteiger partial charge < -0.3 is 15.2 Å². The van der Waals surface area contributed by atoms with E-state index in [4.69, 9.17) is 11.6 Å². The zero-order valence-electron chi connectivity index (χ0n) is 18.6. The van der Waals surface area contributed by atoms with Crippen LogP contribution in [0.15, 0.2) is 67.1 Å². The minimum Gasteiger partial charge on any atom is -0.360 e. The summed E-state index contributed by atoms with van der Waals surface area (Å²) in [5, 5.41) is 4.55. The first kappa shape index (κ1) is 22.6. The third kappa shape index (κ3) is 5.59. The van der Waals surface area contributed by atoms with Gasteiger partial charge in [-0.05, 0) is 46.9 Å². The summed E-state index contributed by atoms with van der Waals surface area (Å²) in [6.45, 7) is 2.54. The van der Waals surface area contributed by atoms with Gasteiger partial charge in [0.05, 0.1) is 10.6 Å². The van der Waals surface area contributed by atoms with Crippen molar-refractivity contribution in [1.29, 1.82) is 0 Å². The number of nitrogens with one attached hydrogen (secondary N) is 2. The molecule has 2 heterocycles. The Hall–Kier alpha value is -3.64. The van der Waals surface area contributed by atoms with Crippen molar-refractivity contribution in [3.05, 3.63) is 100.0 Å². The van der Waals surface area contributed by atoms with Crippen LogP contribution in [0, 0.1) is 0 Å². The number of hydrogen-bond acceptors (Lipinski definition) is 3. The maximum Gasteiger partial charge on any atom is 0.253 e. The van der Waals surface area contributed by atoms with Gasteiger partial charge in [0.1, 0.15) is 0 Å². The SMILES string of the molecule is CC(=O)N(C)Cc1ccc(Cc2cncc(C(=O)NCc3ccc4[nH]cc(Cl)c4c3)c2)cc1. The van der Waals surface area contributed by atoms with Crippen LogP contribution in [-0.2, 0) is 24.3 Å². The number of aromatic amines is 1. The molecule has 0 saturated heterocycles. The normalized spacial score (nSPS) is 10.9. The molecule has 0 saturated carbocycles. The molecule has 0 fully saturated rings. The second kappa shape index (κ2) is 9.88. The van der Waals surface area contributed by atoms with Crippen molar-refractivity contribution in [2.45, 2.75) is 26.4 Å². The summed E-state index contributed by atoms with van der Waals surface area (Å²) < 4.78 is 0. The highest BCUT2D eigenvalue weighted by Crippen LogP contribution is 2.24. The zero-order valence-corrected chi connectivity index (χ0v) is 19.3. The lowest BCUT2D eigenvalue weighted by Gasteiger charge is -2.15. The van der Waals surface area contributed by atoms with Crippen molar-refractivity contribution in [1.82, 2.24) is 20.2 Å². The molecule has 2 aromatic carbocycles. The molecule has 2 aromatic heterocycles. The van der Waals surface area contributed by atoms with E-state index < -0.39 is 0 Å². The minimum absolute atomic E-state index is 0.0362. The number of hydrogen-bond donors (Lipinski definition) is 2. The maximum atomic E-state index is 12.7. The summed E-state index contributed by atoms with van der Waals surface area (Å²) in [6, 6.07) is 15.9. The molecule has 2 amide bonds. The fourth-order valence-corrected chi connectivity index (χ4v) is 3.83. The van der Waals surface area contributed by atoms with Crippen LogP contribution in [0.4, 0.5) is 0 Å². The van der Waals surface area contributed by atoms with Gasteiger partial charge >= 0.3 is 0 Å². The van der Waals surface area contributed by atoms with Gasteiger partial charge in [0.15, 0.2) is 0 Å². The highest BCUT2D eigenvalue weighted by atomic mass is 35.5. The summed E-state index contributed by atoms with van der Waals surface area (Å²) in [6.07, 6.45) is 5.77. The molecule has 0 aliphatic heterocycles. The molecule has 2 N–H and O–H groups in total. The van der Waals surface area contributed by atoms with Crippen LogP contribution in [0.5, 0.6) is 0 Å². The number of pyridine rings is 1. The van der Waals surface area contributed by atoms with Crippen LogP contribution in [0.3, 0.4) is 0 Å². The average molecular weight is 461 g/mol. The molecule has 33 heavy (non-hydrogen) atoms. The lowest BCUT2D eigenvalue weighted by molar-refractivity contribution is -0.128. The topological polar surface area (TPSA) is 78.1 Å². The number of carbonyl (C=O) groups excluding carboxylic acids is 2. The van der Waals surface area contributed by atoms with Crippen LogP contribution in [0.25, 0.3) is 10.9 Å². The molecule has 6 nitrogen and oxygen atoms in total. The molecule has 4 rings (SSSR count). The van der Waals surface area contributed by atoms with Crippen LogP contribution >= 0.6 is 11.6 Å². The van der Waals surface area contributed by atoms with Gasteiger partial charge in [-0.25, -0.2) is 0 Å². The second-order valence-electron chi connectivity index (χ2n) is 8.15. The first-order valence-corrected chi connectivity index (χ1v) is 11.0. The van der Waals surface area contributed by atoms with Crippen molar-refractivity contribution in [3.8, 4) is 0 Å². The predicted octanol–water partition coefficient (Wildman–Crippen LogP) is 4.72. The third-order valence-electron chi connectivity index (χ3n) is 5.59. The van der Waals surface area contributed by atoms with Crippen LogP contribution in [0.2, 0.25) is 5.02 Å². The van der Waals surface area contributed by atoms with E-state index in [0.717, 1.165) is 33.2 Å². The monoisotopic (exact) mass is 460 g/mol. The molecule has 0 aliphatic rings. The molecule has 0 radical (unpaired) electrons. The van der Waals surface area contributed by atoms with Gasteiger partial charge in [0.25, 0.3) is 5.91 Å². The number of halogens is 1. The lowest BCUT2D eigenvalue weighted by Crippen LogP contribution is -2.23. The fourth-order valence-electron chi connectivity index (χ4n) is 3.62. The van der Waals surface area contributed by atoms with E-state index >= 15 is 0 Å². The van der Waals surface area contributed by atoms with Gasteiger partial charge in [0.2, 0.25) is 5.91 Å². The van der Waals surface area contributed by atoms with Crippen LogP contribution in [-0.4, -0.2) is 33.7 Å². The van der Waals surface area contributed by atoms with E-state index in [-0.39, 0.29) is 11.8 Å². The number of aromatic nitrogens is 2. The average Bonchev–Trinajstić information content (AvgIpc) is 3.19. The minimum atomic E-state index is -0.174. The first-order chi connectivity index (χ1) is 15.9. The number of nitrogens with zero attached hydrogens (tertiary/aromatic N) is 2. The number of H-pyrrole nitrogens is 1. The van der Waals surface area contributed by atoms with E-state index in [1.165, 1.54) is 0 Å². The second-order valence-corrected chi connectivity index (χ2v) is 8.56. The smallest absolute Gasteiger partial charge is 0.253 e. The Kier molecular flexibility index (Phi) is 6.75. The number of fused-ring (bicyclic) bond motifs is 1. The molecule has 7 heteroatoms. The summed E-state index contributed by atoms with van der Waals surface area (Å²) >= 11 is 6.19. The molecule has 0 atom stereocenters. The molecule has 0 aliphatic carbocycles. The van der Waals surface area contributed by atoms with Gasteiger partial charge in [-0.1, -0.05) is 41.9 Å².